The van der Waals surface area contributed by atoms with Gasteiger partial charge in [-0.25, -0.2) is 0 Å². The average molecular weight is 235 g/mol. The van der Waals surface area contributed by atoms with Gasteiger partial charge < -0.3 is 5.32 Å². The predicted octanol–water partition coefficient (Wildman–Crippen LogP) is 4.44. The maximum Gasteiger partial charge on any atom is 0.0249 e. The summed E-state index contributed by atoms with van der Waals surface area (Å²) in [5.74, 6) is 1.06. The van der Waals surface area contributed by atoms with Crippen molar-refractivity contribution < 1.29 is 0 Å². The quantitative estimate of drug-likeness (QED) is 0.549. The van der Waals surface area contributed by atoms with Crippen molar-refractivity contribution >= 4 is 0 Å². The van der Waals surface area contributed by atoms with Crippen molar-refractivity contribution in [3.63, 3.8) is 0 Å². The van der Waals surface area contributed by atoms with E-state index in [4.69, 9.17) is 0 Å². The number of nitrogens with one attached hydrogen (secondary N) is 1. The standard InChI is InChI=1S/C16H29N/c1-2-4-12-16(13-5-3-1)17-14-8-11-15-9-6-7-10-15/h4,12,15-17H,1-3,5-11,13-14H2/b12-4+. The Morgan fingerprint density at radius 2 is 1.76 bits per heavy atom. The molecule has 0 heterocycles. The van der Waals surface area contributed by atoms with Crippen molar-refractivity contribution in [1.29, 1.82) is 0 Å². The Labute approximate surface area is 107 Å². The molecule has 0 aliphatic heterocycles. The molecule has 98 valence electrons. The van der Waals surface area contributed by atoms with Crippen molar-refractivity contribution in [2.75, 3.05) is 6.54 Å². The van der Waals surface area contributed by atoms with Crippen molar-refractivity contribution in [2.24, 2.45) is 5.92 Å². The van der Waals surface area contributed by atoms with Gasteiger partial charge >= 0.3 is 0 Å². The number of hydrogen-bond donors (Lipinski definition) is 1. The van der Waals surface area contributed by atoms with E-state index < -0.39 is 0 Å². The second-order valence-corrected chi connectivity index (χ2v) is 5.92. The van der Waals surface area contributed by atoms with Crippen molar-refractivity contribution in [3.8, 4) is 0 Å². The first kappa shape index (κ1) is 13.1. The van der Waals surface area contributed by atoms with Gasteiger partial charge in [0.1, 0.15) is 0 Å². The molecule has 0 aromatic carbocycles. The van der Waals surface area contributed by atoms with Crippen LogP contribution >= 0.6 is 0 Å². The lowest BCUT2D eigenvalue weighted by Crippen LogP contribution is -2.28. The summed E-state index contributed by atoms with van der Waals surface area (Å²) in [6.45, 7) is 1.23. The van der Waals surface area contributed by atoms with Gasteiger partial charge in [0.2, 0.25) is 0 Å². The third kappa shape index (κ3) is 5.25. The van der Waals surface area contributed by atoms with E-state index in [1.54, 1.807) is 0 Å². The average Bonchev–Trinajstić information content (AvgIpc) is 2.79. The molecule has 1 saturated carbocycles. The van der Waals surface area contributed by atoms with E-state index in [-0.39, 0.29) is 0 Å². The Morgan fingerprint density at radius 3 is 2.65 bits per heavy atom. The Morgan fingerprint density at radius 1 is 0.941 bits per heavy atom. The van der Waals surface area contributed by atoms with Crippen LogP contribution in [0.15, 0.2) is 12.2 Å². The summed E-state index contributed by atoms with van der Waals surface area (Å²) in [6.07, 6.45) is 20.5. The lowest BCUT2D eigenvalue weighted by molar-refractivity contribution is 0.447. The van der Waals surface area contributed by atoms with Crippen LogP contribution in [0.5, 0.6) is 0 Å². The summed E-state index contributed by atoms with van der Waals surface area (Å²) >= 11 is 0. The fourth-order valence-corrected chi connectivity index (χ4v) is 3.31. The van der Waals surface area contributed by atoms with Gasteiger partial charge in [-0.2, -0.15) is 0 Å². The second kappa shape index (κ2) is 7.92. The largest absolute Gasteiger partial charge is 0.311 e. The molecule has 0 spiro atoms. The van der Waals surface area contributed by atoms with Gasteiger partial charge in [-0.1, -0.05) is 50.7 Å². The van der Waals surface area contributed by atoms with Gasteiger partial charge in [-0.15, -0.1) is 0 Å². The Hall–Kier alpha value is -0.300. The van der Waals surface area contributed by atoms with E-state index in [1.807, 2.05) is 0 Å². The Balaban J connectivity index is 1.55. The van der Waals surface area contributed by atoms with Gasteiger partial charge in [0.25, 0.3) is 0 Å². The highest BCUT2D eigenvalue weighted by Gasteiger charge is 2.14. The molecule has 0 aromatic heterocycles. The molecule has 1 heteroatoms. The van der Waals surface area contributed by atoms with Crippen LogP contribution < -0.4 is 5.32 Å². The zero-order chi connectivity index (χ0) is 11.8. The highest BCUT2D eigenvalue weighted by Crippen LogP contribution is 2.28. The minimum atomic E-state index is 0.666. The maximum absolute atomic E-state index is 3.73. The maximum atomic E-state index is 3.73. The zero-order valence-electron chi connectivity index (χ0n) is 11.3. The molecule has 1 unspecified atom stereocenters. The van der Waals surface area contributed by atoms with Crippen molar-refractivity contribution in [3.05, 3.63) is 12.2 Å². The SMILES string of the molecule is C1=C/C(NCCCC2CCCC2)CCCCC/1. The van der Waals surface area contributed by atoms with E-state index >= 15 is 0 Å². The number of allylic oxidation sites excluding steroid dienone is 1. The molecular weight excluding hydrogens is 206 g/mol. The first-order chi connectivity index (χ1) is 8.45. The molecule has 1 atom stereocenters. The van der Waals surface area contributed by atoms with Crippen molar-refractivity contribution in [2.45, 2.75) is 76.7 Å². The van der Waals surface area contributed by atoms with E-state index in [0.29, 0.717) is 6.04 Å². The van der Waals surface area contributed by atoms with Gasteiger partial charge in [0, 0.05) is 6.04 Å². The van der Waals surface area contributed by atoms with Crippen LogP contribution in [-0.4, -0.2) is 12.6 Å². The summed E-state index contributed by atoms with van der Waals surface area (Å²) in [5, 5.41) is 3.73. The molecule has 2 aliphatic rings. The van der Waals surface area contributed by atoms with Crippen LogP contribution in [0.4, 0.5) is 0 Å². The number of rotatable bonds is 5. The third-order valence-corrected chi connectivity index (χ3v) is 4.42. The highest BCUT2D eigenvalue weighted by atomic mass is 14.9. The molecule has 0 amide bonds. The molecule has 2 aliphatic carbocycles. The summed E-state index contributed by atoms with van der Waals surface area (Å²) in [4.78, 5) is 0. The fraction of sp³-hybridized carbons (Fsp3) is 0.875. The summed E-state index contributed by atoms with van der Waals surface area (Å²) in [5.41, 5.74) is 0. The summed E-state index contributed by atoms with van der Waals surface area (Å²) < 4.78 is 0. The van der Waals surface area contributed by atoms with Crippen LogP contribution in [-0.2, 0) is 0 Å². The smallest absolute Gasteiger partial charge is 0.0249 e. The van der Waals surface area contributed by atoms with Crippen LogP contribution in [0.1, 0.15) is 70.6 Å². The zero-order valence-corrected chi connectivity index (χ0v) is 11.3. The molecule has 1 nitrogen and oxygen atoms in total. The van der Waals surface area contributed by atoms with E-state index in [1.165, 1.54) is 77.2 Å². The molecule has 17 heavy (non-hydrogen) atoms. The van der Waals surface area contributed by atoms with E-state index in [2.05, 4.69) is 17.5 Å². The Bertz CT molecular complexity index is 216. The van der Waals surface area contributed by atoms with Crippen LogP contribution in [0.2, 0.25) is 0 Å². The molecule has 0 saturated heterocycles. The normalized spacial score (nSPS) is 28.8. The first-order valence-corrected chi connectivity index (χ1v) is 7.85. The van der Waals surface area contributed by atoms with Gasteiger partial charge in [0.05, 0.1) is 0 Å². The minimum Gasteiger partial charge on any atom is -0.311 e. The minimum absolute atomic E-state index is 0.666. The lowest BCUT2D eigenvalue weighted by atomic mass is 10.0. The second-order valence-electron chi connectivity index (χ2n) is 5.92. The summed E-state index contributed by atoms with van der Waals surface area (Å²) in [7, 11) is 0. The van der Waals surface area contributed by atoms with Crippen LogP contribution in [0.25, 0.3) is 0 Å². The first-order valence-electron chi connectivity index (χ1n) is 7.85. The van der Waals surface area contributed by atoms with Crippen LogP contribution in [0.3, 0.4) is 0 Å². The molecule has 0 radical (unpaired) electrons. The monoisotopic (exact) mass is 235 g/mol. The third-order valence-electron chi connectivity index (χ3n) is 4.42. The predicted molar refractivity (Wildman–Crippen MR) is 75.2 cm³/mol. The molecule has 2 rings (SSSR count). The highest BCUT2D eigenvalue weighted by molar-refractivity contribution is 4.94. The molecule has 0 aromatic rings. The van der Waals surface area contributed by atoms with Crippen molar-refractivity contribution in [1.82, 2.24) is 5.32 Å². The molecular formula is C16H29N. The number of hydrogen-bond acceptors (Lipinski definition) is 1. The van der Waals surface area contributed by atoms with E-state index in [9.17, 15) is 0 Å². The van der Waals surface area contributed by atoms with Gasteiger partial charge in [-0.05, 0) is 44.6 Å². The van der Waals surface area contributed by atoms with Gasteiger partial charge in [0.15, 0.2) is 0 Å². The van der Waals surface area contributed by atoms with Gasteiger partial charge in [-0.3, -0.25) is 0 Å². The van der Waals surface area contributed by atoms with E-state index in [0.717, 1.165) is 5.92 Å². The summed E-state index contributed by atoms with van der Waals surface area (Å²) in [6, 6.07) is 0.666. The van der Waals surface area contributed by atoms with Crippen LogP contribution in [0, 0.1) is 5.92 Å². The molecule has 1 N–H and O–H groups in total. The topological polar surface area (TPSA) is 12.0 Å². The lowest BCUT2D eigenvalue weighted by Gasteiger charge is -2.17. The Kier molecular flexibility index (Phi) is 6.12. The molecule has 0 bridgehead atoms. The molecule has 1 fully saturated rings. The fourth-order valence-electron chi connectivity index (χ4n) is 3.31.